The maximum Gasteiger partial charge on any atom is 0.253 e. The van der Waals surface area contributed by atoms with Crippen LogP contribution in [0.1, 0.15) is 48.0 Å². The van der Waals surface area contributed by atoms with Gasteiger partial charge < -0.3 is 14.5 Å². The van der Waals surface area contributed by atoms with Crippen LogP contribution in [0.25, 0.3) is 0 Å². The number of nitrogens with zero attached hydrogens (tertiary/aromatic N) is 2. The summed E-state index contributed by atoms with van der Waals surface area (Å²) in [5.41, 5.74) is 1.40. The molecular weight excluding hydrogens is 407 g/mol. The predicted molar refractivity (Wildman–Crippen MR) is 121 cm³/mol. The number of amides is 2. The number of hydrogen-bond acceptors (Lipinski definition) is 3. The summed E-state index contributed by atoms with van der Waals surface area (Å²) in [6, 6.07) is 13.6. The van der Waals surface area contributed by atoms with Crippen molar-refractivity contribution in [3.63, 3.8) is 0 Å². The van der Waals surface area contributed by atoms with Gasteiger partial charge in [-0.15, -0.1) is 0 Å². The van der Waals surface area contributed by atoms with Gasteiger partial charge in [-0.2, -0.15) is 0 Å². The van der Waals surface area contributed by atoms with Crippen LogP contribution in [0, 0.1) is 11.7 Å². The molecule has 5 nitrogen and oxygen atoms in total. The lowest BCUT2D eigenvalue weighted by atomic mass is 9.98. The minimum Gasteiger partial charge on any atom is -0.493 e. The van der Waals surface area contributed by atoms with E-state index in [1.807, 2.05) is 34.1 Å². The van der Waals surface area contributed by atoms with E-state index in [2.05, 4.69) is 0 Å². The van der Waals surface area contributed by atoms with Crippen LogP contribution < -0.4 is 4.74 Å². The summed E-state index contributed by atoms with van der Waals surface area (Å²) < 4.78 is 19.4. The van der Waals surface area contributed by atoms with Crippen molar-refractivity contribution in [1.29, 1.82) is 0 Å². The summed E-state index contributed by atoms with van der Waals surface area (Å²) in [7, 11) is 0. The lowest BCUT2D eigenvalue weighted by molar-refractivity contribution is -0.132. The van der Waals surface area contributed by atoms with E-state index in [-0.39, 0.29) is 30.0 Å². The number of ether oxygens (including phenoxy) is 1. The Kier molecular flexibility index (Phi) is 7.40. The number of rotatable bonds is 6. The molecule has 2 aromatic rings. The minimum absolute atomic E-state index is 0.0286. The van der Waals surface area contributed by atoms with Crippen LogP contribution in [0.3, 0.4) is 0 Å². The zero-order valence-corrected chi connectivity index (χ0v) is 18.5. The average Bonchev–Trinajstić information content (AvgIpc) is 2.83. The van der Waals surface area contributed by atoms with E-state index in [1.165, 1.54) is 18.6 Å². The van der Waals surface area contributed by atoms with E-state index in [1.54, 1.807) is 12.1 Å². The second kappa shape index (κ2) is 10.6. The van der Waals surface area contributed by atoms with Crippen LogP contribution in [-0.2, 0) is 11.2 Å². The zero-order valence-electron chi connectivity index (χ0n) is 18.5. The molecule has 32 heavy (non-hydrogen) atoms. The number of halogens is 1. The molecule has 1 unspecified atom stereocenters. The monoisotopic (exact) mass is 438 g/mol. The maximum absolute atomic E-state index is 13.4. The highest BCUT2D eigenvalue weighted by molar-refractivity contribution is 5.94. The number of carbonyl (C=O) groups is 2. The van der Waals surface area contributed by atoms with E-state index < -0.39 is 0 Å². The van der Waals surface area contributed by atoms with Crippen molar-refractivity contribution in [2.45, 2.75) is 38.5 Å². The Bertz CT molecular complexity index is 925. The molecule has 0 radical (unpaired) electrons. The first-order valence-corrected chi connectivity index (χ1v) is 11.6. The van der Waals surface area contributed by atoms with E-state index >= 15 is 0 Å². The van der Waals surface area contributed by atoms with Gasteiger partial charge in [0.15, 0.2) is 0 Å². The molecule has 2 heterocycles. The van der Waals surface area contributed by atoms with Gasteiger partial charge in [0, 0.05) is 37.7 Å². The normalized spacial score (nSPS) is 19.0. The molecule has 6 heteroatoms. The van der Waals surface area contributed by atoms with E-state index in [0.717, 1.165) is 51.1 Å². The van der Waals surface area contributed by atoms with Gasteiger partial charge in [-0.1, -0.05) is 12.1 Å². The first-order valence-electron chi connectivity index (χ1n) is 11.6. The molecule has 2 fully saturated rings. The quantitative estimate of drug-likeness (QED) is 0.675. The van der Waals surface area contributed by atoms with Gasteiger partial charge in [-0.3, -0.25) is 9.59 Å². The van der Waals surface area contributed by atoms with Crippen molar-refractivity contribution in [3.05, 3.63) is 65.5 Å². The molecule has 1 atom stereocenters. The minimum atomic E-state index is -0.316. The van der Waals surface area contributed by atoms with Crippen molar-refractivity contribution in [2.75, 3.05) is 32.8 Å². The molecule has 0 bridgehead atoms. The fraction of sp³-hybridized carbons (Fsp3) is 0.462. The smallest absolute Gasteiger partial charge is 0.253 e. The van der Waals surface area contributed by atoms with Crippen molar-refractivity contribution >= 4 is 11.8 Å². The third-order valence-electron chi connectivity index (χ3n) is 6.35. The molecule has 2 saturated heterocycles. The molecule has 2 aromatic carbocycles. The lowest BCUT2D eigenvalue weighted by Gasteiger charge is -2.32. The fourth-order valence-corrected chi connectivity index (χ4v) is 4.55. The number of piperidine rings is 2. The Morgan fingerprint density at radius 2 is 1.69 bits per heavy atom. The Hall–Kier alpha value is -2.89. The van der Waals surface area contributed by atoms with Crippen LogP contribution in [-0.4, -0.2) is 54.4 Å². The summed E-state index contributed by atoms with van der Waals surface area (Å²) in [6.07, 6.45) is 5.52. The molecule has 4 rings (SSSR count). The third kappa shape index (κ3) is 5.87. The Balaban J connectivity index is 1.26. The first kappa shape index (κ1) is 22.3. The molecule has 2 aliphatic heterocycles. The van der Waals surface area contributed by atoms with Gasteiger partial charge in [0.1, 0.15) is 11.6 Å². The second-order valence-electron chi connectivity index (χ2n) is 8.84. The molecule has 0 spiro atoms. The van der Waals surface area contributed by atoms with Gasteiger partial charge >= 0.3 is 0 Å². The summed E-state index contributed by atoms with van der Waals surface area (Å²) >= 11 is 0. The first-order chi connectivity index (χ1) is 15.6. The van der Waals surface area contributed by atoms with Crippen molar-refractivity contribution in [1.82, 2.24) is 9.80 Å². The SMILES string of the molecule is O=C(Cc1cccc(F)c1)N1CCCC(COc2ccc(C(=O)N3CCCCC3)cc2)C1. The fourth-order valence-electron chi connectivity index (χ4n) is 4.55. The van der Waals surface area contributed by atoms with E-state index in [0.29, 0.717) is 24.3 Å². The summed E-state index contributed by atoms with van der Waals surface area (Å²) in [4.78, 5) is 29.0. The highest BCUT2D eigenvalue weighted by atomic mass is 19.1. The van der Waals surface area contributed by atoms with Crippen molar-refractivity contribution in [2.24, 2.45) is 5.92 Å². The molecule has 0 aromatic heterocycles. The highest BCUT2D eigenvalue weighted by Crippen LogP contribution is 2.21. The largest absolute Gasteiger partial charge is 0.493 e. The average molecular weight is 439 g/mol. The van der Waals surface area contributed by atoms with Crippen LogP contribution in [0.2, 0.25) is 0 Å². The third-order valence-corrected chi connectivity index (χ3v) is 6.35. The van der Waals surface area contributed by atoms with Gasteiger partial charge in [0.25, 0.3) is 5.91 Å². The van der Waals surface area contributed by atoms with Crippen molar-refractivity contribution in [3.8, 4) is 5.75 Å². The molecule has 0 N–H and O–H groups in total. The van der Waals surface area contributed by atoms with Gasteiger partial charge in [0.2, 0.25) is 5.91 Å². The molecule has 0 saturated carbocycles. The highest BCUT2D eigenvalue weighted by Gasteiger charge is 2.24. The summed E-state index contributed by atoms with van der Waals surface area (Å²) in [5.74, 6) is 0.805. The molecule has 2 amide bonds. The topological polar surface area (TPSA) is 49.9 Å². The summed E-state index contributed by atoms with van der Waals surface area (Å²) in [5, 5.41) is 0. The molecule has 0 aliphatic carbocycles. The second-order valence-corrected chi connectivity index (χ2v) is 8.84. The summed E-state index contributed by atoms with van der Waals surface area (Å²) in [6.45, 7) is 3.60. The Morgan fingerprint density at radius 1 is 0.938 bits per heavy atom. The molecular formula is C26H31FN2O3. The number of carbonyl (C=O) groups excluding carboxylic acids is 2. The van der Waals surface area contributed by atoms with Crippen molar-refractivity contribution < 1.29 is 18.7 Å². The lowest BCUT2D eigenvalue weighted by Crippen LogP contribution is -2.42. The van der Waals surface area contributed by atoms with E-state index in [9.17, 15) is 14.0 Å². The molecule has 170 valence electrons. The Labute approximate surface area is 189 Å². The van der Waals surface area contributed by atoms with Gasteiger partial charge in [-0.25, -0.2) is 4.39 Å². The number of likely N-dealkylation sites (tertiary alicyclic amines) is 2. The predicted octanol–water partition coefficient (Wildman–Crippen LogP) is 4.31. The molecule has 2 aliphatic rings. The van der Waals surface area contributed by atoms with Gasteiger partial charge in [0.05, 0.1) is 13.0 Å². The van der Waals surface area contributed by atoms with Crippen LogP contribution in [0.4, 0.5) is 4.39 Å². The number of benzene rings is 2. The van der Waals surface area contributed by atoms with E-state index in [4.69, 9.17) is 4.74 Å². The van der Waals surface area contributed by atoms with Crippen LogP contribution in [0.15, 0.2) is 48.5 Å². The standard InChI is InChI=1S/C26H31FN2O3/c27-23-8-4-6-20(16-23)17-25(30)29-15-5-7-21(18-29)19-32-24-11-9-22(10-12-24)26(31)28-13-2-1-3-14-28/h4,6,8-12,16,21H,1-3,5,7,13-15,17-19H2. The van der Waals surface area contributed by atoms with Crippen LogP contribution >= 0.6 is 0 Å². The zero-order chi connectivity index (χ0) is 22.3. The van der Waals surface area contributed by atoms with Crippen LogP contribution in [0.5, 0.6) is 5.75 Å². The maximum atomic E-state index is 13.4. The number of hydrogen-bond donors (Lipinski definition) is 0. The van der Waals surface area contributed by atoms with Gasteiger partial charge in [-0.05, 0) is 74.1 Å². The Morgan fingerprint density at radius 3 is 2.44 bits per heavy atom.